The largest absolute Gasteiger partial charge is 0.456 e. The molecule has 0 aliphatic carbocycles. The highest BCUT2D eigenvalue weighted by atomic mass is 16.5. The lowest BCUT2D eigenvalue weighted by molar-refractivity contribution is 0.0992. The summed E-state index contributed by atoms with van der Waals surface area (Å²) in [6, 6.07) is 33.0. The molecule has 7 N–H and O–H groups in total. The molecule has 6 heterocycles. The minimum atomic E-state index is 0.0108. The van der Waals surface area contributed by atoms with E-state index in [1.807, 2.05) is 78.9 Å². The van der Waals surface area contributed by atoms with Crippen LogP contribution >= 0.6 is 0 Å². The minimum Gasteiger partial charge on any atom is -0.456 e. The summed E-state index contributed by atoms with van der Waals surface area (Å²) in [6.45, 7) is 5.57. The lowest BCUT2D eigenvalue weighted by atomic mass is 9.93. The van der Waals surface area contributed by atoms with Crippen LogP contribution < -0.4 is 32.2 Å². The Morgan fingerprint density at radius 3 is 1.83 bits per heavy atom. The van der Waals surface area contributed by atoms with Crippen molar-refractivity contribution in [2.75, 3.05) is 75.8 Å². The molecule has 0 amide bonds. The van der Waals surface area contributed by atoms with Gasteiger partial charge in [0.25, 0.3) is 0 Å². The first-order valence-corrected chi connectivity index (χ1v) is 21.7. The second kappa shape index (κ2) is 21.4. The quantitative estimate of drug-likeness (QED) is 0.132. The van der Waals surface area contributed by atoms with Gasteiger partial charge in [0.05, 0.1) is 36.5 Å². The second-order valence-electron chi connectivity index (χ2n) is 15.6. The molecular formula is C51H50N10O5. The average molecular weight is 883 g/mol. The number of fused-ring (bicyclic) bond motifs is 3. The number of pyridine rings is 2. The van der Waals surface area contributed by atoms with Crippen molar-refractivity contribution in [2.24, 2.45) is 32.2 Å². The fourth-order valence-corrected chi connectivity index (χ4v) is 7.89. The number of ether oxygens (including phenoxy) is 2. The van der Waals surface area contributed by atoms with Crippen molar-refractivity contribution in [3.05, 3.63) is 167 Å². The molecule has 334 valence electrons. The lowest BCUT2D eigenvalue weighted by Gasteiger charge is -2.30. The normalized spacial score (nSPS) is 15.0. The maximum atomic E-state index is 12.1. The van der Waals surface area contributed by atoms with E-state index in [0.717, 1.165) is 94.7 Å². The molecule has 6 aromatic rings. The first kappa shape index (κ1) is 45.0. The molecule has 1 saturated heterocycles. The fourth-order valence-electron chi connectivity index (χ4n) is 7.89. The fraction of sp³-hybridized carbons (Fsp3) is 0.216. The van der Waals surface area contributed by atoms with Gasteiger partial charge in [0.15, 0.2) is 17.3 Å². The van der Waals surface area contributed by atoms with E-state index < -0.39 is 0 Å². The predicted octanol–water partition coefficient (Wildman–Crippen LogP) is 5.59. The number of nitrogens with two attached hydrogens (primary N) is 3. The number of nitrogens with one attached hydrogen (secondary N) is 1. The van der Waals surface area contributed by atoms with Crippen LogP contribution in [0.25, 0.3) is 11.1 Å². The Balaban J connectivity index is 0.000000137. The molecule has 4 aromatic carbocycles. The molecule has 15 heteroatoms. The summed E-state index contributed by atoms with van der Waals surface area (Å²) < 4.78 is 11.2. The monoisotopic (exact) mass is 882 g/mol. The number of Topliss-reactive ketones (excluding diaryl/α,β-unsaturated/α-hetero) is 3. The van der Waals surface area contributed by atoms with E-state index in [9.17, 15) is 14.4 Å². The number of ketones is 3. The number of carbonyl (C=O) groups is 3. The number of morpholine rings is 1. The van der Waals surface area contributed by atoms with E-state index in [1.165, 1.54) is 5.56 Å². The molecule has 0 radical (unpaired) electrons. The van der Waals surface area contributed by atoms with Gasteiger partial charge >= 0.3 is 0 Å². The SMILES string of the molecule is NCC1=NCC(=O)c2cc(NCc3ccccc3)ccc21.NCC1=NCC(=O)c2ccc(-c3cncc(Oc4ccncc4)c3)cc21.NCC1=NCC(=O)c2ccc(N3CCOCC3)cc21. The topological polar surface area (TPSA) is 226 Å². The highest BCUT2D eigenvalue weighted by Gasteiger charge is 2.23. The van der Waals surface area contributed by atoms with Crippen molar-refractivity contribution in [3.8, 4) is 22.6 Å². The molecule has 0 spiro atoms. The van der Waals surface area contributed by atoms with Gasteiger partial charge in [0.1, 0.15) is 31.1 Å². The molecule has 2 aromatic heterocycles. The number of aliphatic imine (C=N–C) groups is 3. The minimum absolute atomic E-state index is 0.0108. The third-order valence-corrected chi connectivity index (χ3v) is 11.3. The van der Waals surface area contributed by atoms with Crippen molar-refractivity contribution < 1.29 is 23.9 Å². The van der Waals surface area contributed by atoms with Gasteiger partial charge in [0.2, 0.25) is 0 Å². The third kappa shape index (κ3) is 10.7. The van der Waals surface area contributed by atoms with E-state index >= 15 is 0 Å². The van der Waals surface area contributed by atoms with Crippen LogP contribution in [0, 0.1) is 0 Å². The van der Waals surface area contributed by atoms with Crippen LogP contribution in [0.2, 0.25) is 0 Å². The highest BCUT2D eigenvalue weighted by Crippen LogP contribution is 2.29. The van der Waals surface area contributed by atoms with Gasteiger partial charge in [-0.1, -0.05) is 48.5 Å². The van der Waals surface area contributed by atoms with Crippen molar-refractivity contribution in [1.82, 2.24) is 9.97 Å². The zero-order valence-electron chi connectivity index (χ0n) is 36.4. The lowest BCUT2D eigenvalue weighted by Crippen LogP contribution is -2.36. The van der Waals surface area contributed by atoms with Crippen LogP contribution in [-0.2, 0) is 11.3 Å². The van der Waals surface area contributed by atoms with E-state index in [1.54, 1.807) is 36.9 Å². The van der Waals surface area contributed by atoms with Crippen molar-refractivity contribution in [3.63, 3.8) is 0 Å². The molecule has 10 rings (SSSR count). The molecule has 4 aliphatic heterocycles. The molecule has 0 unspecified atom stereocenters. The van der Waals surface area contributed by atoms with Crippen LogP contribution in [0.1, 0.15) is 53.3 Å². The van der Waals surface area contributed by atoms with E-state index in [2.05, 4.69) is 47.3 Å². The standard InChI is InChI=1S/C20H16N4O2.C17H17N3O.C14H17N3O2/c21-9-19-18-8-13(1-2-17(18)20(25)12-24-19)14-7-16(11-23-10-14)26-15-3-5-22-6-4-15;18-9-16-14-7-6-13(8-15(14)17(21)11-20-16)19-10-12-4-2-1-3-5-12;15-8-13-12-7-10(17-3-5-19-6-4-17)1-2-11(12)14(18)9-16-13/h1-8,10-11H,9,12,21H2;1-8,19H,9-11,18H2;1-2,7H,3-6,8-9,15H2. The smallest absolute Gasteiger partial charge is 0.184 e. The maximum Gasteiger partial charge on any atom is 0.184 e. The van der Waals surface area contributed by atoms with Crippen molar-refractivity contribution >= 4 is 45.9 Å². The average Bonchev–Trinajstić information content (AvgIpc) is 3.37. The number of nitrogens with zero attached hydrogens (tertiary/aromatic N) is 6. The second-order valence-corrected chi connectivity index (χ2v) is 15.6. The van der Waals surface area contributed by atoms with Gasteiger partial charge < -0.3 is 36.9 Å². The van der Waals surface area contributed by atoms with Crippen LogP contribution in [0.3, 0.4) is 0 Å². The van der Waals surface area contributed by atoms with Crippen molar-refractivity contribution in [1.29, 1.82) is 0 Å². The van der Waals surface area contributed by atoms with Gasteiger partial charge in [-0.2, -0.15) is 0 Å². The Bertz CT molecular complexity index is 2820. The number of aromatic nitrogens is 2. The molecule has 1 fully saturated rings. The van der Waals surface area contributed by atoms with Gasteiger partial charge in [0, 0.05) is 108 Å². The van der Waals surface area contributed by atoms with Crippen LogP contribution in [0.5, 0.6) is 11.5 Å². The maximum absolute atomic E-state index is 12.1. The summed E-state index contributed by atoms with van der Waals surface area (Å²) in [5.74, 6) is 1.44. The van der Waals surface area contributed by atoms with Crippen LogP contribution in [-0.4, -0.2) is 110 Å². The van der Waals surface area contributed by atoms with Gasteiger partial charge in [-0.3, -0.25) is 39.3 Å². The van der Waals surface area contributed by atoms with Crippen molar-refractivity contribution in [2.45, 2.75) is 6.54 Å². The number of anilines is 2. The Labute approximate surface area is 382 Å². The molecule has 0 bridgehead atoms. The number of hydrogen-bond acceptors (Lipinski definition) is 15. The number of hydrogen-bond donors (Lipinski definition) is 4. The molecular weight excluding hydrogens is 833 g/mol. The van der Waals surface area contributed by atoms with Crippen LogP contribution in [0.4, 0.5) is 11.4 Å². The Morgan fingerprint density at radius 1 is 0.561 bits per heavy atom. The number of rotatable bonds is 10. The van der Waals surface area contributed by atoms with E-state index in [0.29, 0.717) is 42.3 Å². The zero-order valence-corrected chi connectivity index (χ0v) is 36.4. The summed E-state index contributed by atoms with van der Waals surface area (Å²) in [5.41, 5.74) is 29.3. The van der Waals surface area contributed by atoms with E-state index in [-0.39, 0.29) is 37.0 Å². The molecule has 15 nitrogen and oxygen atoms in total. The number of carbonyl (C=O) groups excluding carboxylic acids is 3. The molecule has 4 aliphatic rings. The molecule has 0 atom stereocenters. The van der Waals surface area contributed by atoms with Crippen LogP contribution in [0.15, 0.2) is 143 Å². The predicted molar refractivity (Wildman–Crippen MR) is 258 cm³/mol. The molecule has 66 heavy (non-hydrogen) atoms. The summed E-state index contributed by atoms with van der Waals surface area (Å²) in [7, 11) is 0. The van der Waals surface area contributed by atoms with Gasteiger partial charge in [-0.05, 0) is 65.7 Å². The third-order valence-electron chi connectivity index (χ3n) is 11.3. The first-order chi connectivity index (χ1) is 32.3. The Kier molecular flexibility index (Phi) is 14.6. The summed E-state index contributed by atoms with van der Waals surface area (Å²) >= 11 is 0. The summed E-state index contributed by atoms with van der Waals surface area (Å²) in [5, 5.41) is 3.34. The van der Waals surface area contributed by atoms with Gasteiger partial charge in [-0.25, -0.2) is 0 Å². The highest BCUT2D eigenvalue weighted by molar-refractivity contribution is 6.18. The molecule has 0 saturated carbocycles. The summed E-state index contributed by atoms with van der Waals surface area (Å²) in [6.07, 6.45) is 6.74. The Morgan fingerprint density at radius 2 is 1.17 bits per heavy atom. The summed E-state index contributed by atoms with van der Waals surface area (Å²) in [4.78, 5) is 59.2. The number of benzene rings is 4. The first-order valence-electron chi connectivity index (χ1n) is 21.7. The Hall–Kier alpha value is -7.56. The van der Waals surface area contributed by atoms with Gasteiger partial charge in [-0.15, -0.1) is 0 Å². The zero-order chi connectivity index (χ0) is 45.8. The van der Waals surface area contributed by atoms with E-state index in [4.69, 9.17) is 26.7 Å².